The van der Waals surface area contributed by atoms with Crippen LogP contribution in [0.15, 0.2) is 45.3 Å². The number of carbonyl (C=O) groups is 2. The molecule has 7 heteroatoms. The molecule has 5 nitrogen and oxygen atoms in total. The smallest absolute Gasteiger partial charge is 0.343 e. The molecular weight excluding hydrogens is 468 g/mol. The predicted octanol–water partition coefficient (Wildman–Crippen LogP) is 5.40. The Bertz CT molecular complexity index is 805. The molecule has 0 aromatic heterocycles. The van der Waals surface area contributed by atoms with E-state index < -0.39 is 11.9 Å². The molecule has 0 amide bonds. The van der Waals surface area contributed by atoms with Gasteiger partial charge in [0.05, 0.1) is 33.3 Å². The normalized spacial score (nSPS) is 10.3. The highest BCUT2D eigenvalue weighted by Crippen LogP contribution is 2.29. The molecule has 2 aromatic carbocycles. The largest absolute Gasteiger partial charge is 0.492 e. The van der Waals surface area contributed by atoms with E-state index in [1.165, 1.54) is 0 Å². The van der Waals surface area contributed by atoms with Crippen molar-refractivity contribution < 1.29 is 23.8 Å². The number of hydrogen-bond acceptors (Lipinski definition) is 5. The Hall–Kier alpha value is -1.86. The van der Waals surface area contributed by atoms with Crippen molar-refractivity contribution in [2.45, 2.75) is 20.3 Å². The first-order chi connectivity index (χ1) is 12.5. The molecule has 0 spiro atoms. The molecule has 0 N–H and O–H groups in total. The van der Waals surface area contributed by atoms with Crippen LogP contribution < -0.4 is 9.47 Å². The molecule has 0 saturated heterocycles. The van der Waals surface area contributed by atoms with Crippen molar-refractivity contribution in [2.24, 2.45) is 0 Å². The molecular formula is C19H18Br2O5. The van der Waals surface area contributed by atoms with Gasteiger partial charge in [-0.15, -0.1) is 0 Å². The van der Waals surface area contributed by atoms with Crippen molar-refractivity contribution in [2.75, 3.05) is 13.2 Å². The number of rotatable bonds is 7. The van der Waals surface area contributed by atoms with Crippen molar-refractivity contribution in [3.63, 3.8) is 0 Å². The van der Waals surface area contributed by atoms with E-state index in [0.29, 0.717) is 44.8 Å². The van der Waals surface area contributed by atoms with Crippen LogP contribution >= 0.6 is 31.9 Å². The predicted molar refractivity (Wildman–Crippen MR) is 105 cm³/mol. The average molecular weight is 486 g/mol. The van der Waals surface area contributed by atoms with E-state index in [-0.39, 0.29) is 0 Å². The zero-order valence-electron chi connectivity index (χ0n) is 14.4. The summed E-state index contributed by atoms with van der Waals surface area (Å²) in [4.78, 5) is 24.1. The molecule has 0 aliphatic heterocycles. The molecule has 0 heterocycles. The maximum Gasteiger partial charge on any atom is 0.343 e. The Morgan fingerprint density at radius 2 is 1.46 bits per heavy atom. The van der Waals surface area contributed by atoms with Crippen molar-refractivity contribution in [1.29, 1.82) is 0 Å². The van der Waals surface area contributed by atoms with Crippen molar-refractivity contribution in [1.82, 2.24) is 0 Å². The second kappa shape index (κ2) is 9.73. The van der Waals surface area contributed by atoms with E-state index in [1.807, 2.05) is 6.92 Å². The first kappa shape index (κ1) is 20.5. The lowest BCUT2D eigenvalue weighted by molar-refractivity contribution is 0.0526. The van der Waals surface area contributed by atoms with Gasteiger partial charge in [0.15, 0.2) is 0 Å². The lowest BCUT2D eigenvalue weighted by Gasteiger charge is -2.10. The van der Waals surface area contributed by atoms with Gasteiger partial charge in [0.25, 0.3) is 0 Å². The second-order valence-electron chi connectivity index (χ2n) is 5.25. The van der Waals surface area contributed by atoms with Gasteiger partial charge in [-0.05, 0) is 81.6 Å². The fourth-order valence-corrected chi connectivity index (χ4v) is 2.99. The van der Waals surface area contributed by atoms with Crippen LogP contribution in [0.3, 0.4) is 0 Å². The molecule has 26 heavy (non-hydrogen) atoms. The third-order valence-electron chi connectivity index (χ3n) is 3.27. The first-order valence-corrected chi connectivity index (χ1v) is 9.66. The fraction of sp³-hybridized carbons (Fsp3) is 0.263. The highest BCUT2D eigenvalue weighted by atomic mass is 79.9. The van der Waals surface area contributed by atoms with Crippen LogP contribution in [0.4, 0.5) is 0 Å². The standard InChI is InChI=1S/C19H18Br2O5/c1-3-9-25-16-7-5-13(11-14(16)20)19(23)26-17-8-6-12(10-15(17)21)18(22)24-4-2/h5-8,10-11H,3-4,9H2,1-2H3. The summed E-state index contributed by atoms with van der Waals surface area (Å²) in [6, 6.07) is 9.64. The Labute approximate surface area is 168 Å². The van der Waals surface area contributed by atoms with Crippen molar-refractivity contribution in [3.8, 4) is 11.5 Å². The summed E-state index contributed by atoms with van der Waals surface area (Å²) in [6.07, 6.45) is 0.895. The average Bonchev–Trinajstić information content (AvgIpc) is 2.62. The Balaban J connectivity index is 2.12. The molecule has 138 valence electrons. The third-order valence-corrected chi connectivity index (χ3v) is 4.51. The van der Waals surface area contributed by atoms with E-state index in [4.69, 9.17) is 14.2 Å². The third kappa shape index (κ3) is 5.32. The van der Waals surface area contributed by atoms with Gasteiger partial charge < -0.3 is 14.2 Å². The van der Waals surface area contributed by atoms with Gasteiger partial charge in [0.2, 0.25) is 0 Å². The van der Waals surface area contributed by atoms with Crippen LogP contribution in [-0.2, 0) is 4.74 Å². The zero-order valence-corrected chi connectivity index (χ0v) is 17.6. The summed E-state index contributed by atoms with van der Waals surface area (Å²) in [5, 5.41) is 0. The van der Waals surface area contributed by atoms with Crippen LogP contribution in [0.2, 0.25) is 0 Å². The summed E-state index contributed by atoms with van der Waals surface area (Å²) in [6.45, 7) is 4.65. The number of ether oxygens (including phenoxy) is 3. The zero-order chi connectivity index (χ0) is 19.1. The molecule has 2 rings (SSSR count). The molecule has 0 bridgehead atoms. The van der Waals surface area contributed by atoms with E-state index in [2.05, 4.69) is 31.9 Å². The van der Waals surface area contributed by atoms with Gasteiger partial charge in [-0.2, -0.15) is 0 Å². The van der Waals surface area contributed by atoms with E-state index in [1.54, 1.807) is 43.3 Å². The van der Waals surface area contributed by atoms with E-state index in [0.717, 1.165) is 6.42 Å². The molecule has 2 aromatic rings. The van der Waals surface area contributed by atoms with Gasteiger partial charge in [0, 0.05) is 0 Å². The highest BCUT2D eigenvalue weighted by Gasteiger charge is 2.15. The monoisotopic (exact) mass is 484 g/mol. The summed E-state index contributed by atoms with van der Waals surface area (Å²) >= 11 is 6.70. The Morgan fingerprint density at radius 3 is 2.00 bits per heavy atom. The first-order valence-electron chi connectivity index (χ1n) is 8.07. The number of carbonyl (C=O) groups excluding carboxylic acids is 2. The molecule has 0 saturated carbocycles. The maximum atomic E-state index is 12.4. The number of benzene rings is 2. The van der Waals surface area contributed by atoms with Crippen LogP contribution in [0.25, 0.3) is 0 Å². The Kier molecular flexibility index (Phi) is 7.66. The van der Waals surface area contributed by atoms with E-state index >= 15 is 0 Å². The van der Waals surface area contributed by atoms with Crippen LogP contribution in [0, 0.1) is 0 Å². The SMILES string of the molecule is CCCOc1ccc(C(=O)Oc2ccc(C(=O)OCC)cc2Br)cc1Br. The summed E-state index contributed by atoms with van der Waals surface area (Å²) < 4.78 is 17.1. The highest BCUT2D eigenvalue weighted by molar-refractivity contribution is 9.10. The van der Waals surface area contributed by atoms with Gasteiger partial charge in [-0.3, -0.25) is 0 Å². The minimum Gasteiger partial charge on any atom is -0.492 e. The Morgan fingerprint density at radius 1 is 0.885 bits per heavy atom. The summed E-state index contributed by atoms with van der Waals surface area (Å²) in [5.41, 5.74) is 0.751. The van der Waals surface area contributed by atoms with Gasteiger partial charge in [0.1, 0.15) is 11.5 Å². The number of esters is 2. The summed E-state index contributed by atoms with van der Waals surface area (Å²) in [7, 11) is 0. The molecule has 0 unspecified atom stereocenters. The molecule has 0 fully saturated rings. The fourth-order valence-electron chi connectivity index (χ4n) is 2.04. The van der Waals surface area contributed by atoms with Crippen LogP contribution in [0.1, 0.15) is 41.0 Å². The molecule has 0 aliphatic rings. The van der Waals surface area contributed by atoms with Crippen molar-refractivity contribution >= 4 is 43.8 Å². The quantitative estimate of drug-likeness (QED) is 0.388. The minimum atomic E-state index is -0.516. The second-order valence-corrected chi connectivity index (χ2v) is 6.96. The lowest BCUT2D eigenvalue weighted by atomic mass is 10.2. The lowest BCUT2D eigenvalue weighted by Crippen LogP contribution is -2.10. The van der Waals surface area contributed by atoms with Crippen LogP contribution in [0.5, 0.6) is 11.5 Å². The van der Waals surface area contributed by atoms with Crippen LogP contribution in [-0.4, -0.2) is 25.2 Å². The molecule has 0 radical (unpaired) electrons. The number of halogens is 2. The van der Waals surface area contributed by atoms with Gasteiger partial charge >= 0.3 is 11.9 Å². The summed E-state index contributed by atoms with van der Waals surface area (Å²) in [5.74, 6) is 0.0313. The minimum absolute atomic E-state index is 0.292. The van der Waals surface area contributed by atoms with Crippen molar-refractivity contribution in [3.05, 3.63) is 56.5 Å². The topological polar surface area (TPSA) is 61.8 Å². The molecule has 0 aliphatic carbocycles. The van der Waals surface area contributed by atoms with Gasteiger partial charge in [-0.25, -0.2) is 9.59 Å². The van der Waals surface area contributed by atoms with Gasteiger partial charge in [-0.1, -0.05) is 6.92 Å². The molecule has 0 atom stereocenters. The number of hydrogen-bond donors (Lipinski definition) is 0. The maximum absolute atomic E-state index is 12.4. The van der Waals surface area contributed by atoms with E-state index in [9.17, 15) is 9.59 Å².